The van der Waals surface area contributed by atoms with Crippen LogP contribution in [0.4, 0.5) is 0 Å². The quantitative estimate of drug-likeness (QED) is 0.0146. The van der Waals surface area contributed by atoms with Crippen molar-refractivity contribution in [1.82, 2.24) is 0 Å². The van der Waals surface area contributed by atoms with Crippen molar-refractivity contribution in [1.29, 1.82) is 0 Å². The first-order valence-corrected chi connectivity index (χ1v) is 49.1. The third-order valence-corrected chi connectivity index (χ3v) is 21.0. The molecule has 0 aromatic carbocycles. The second kappa shape index (κ2) is 89.9. The molecule has 117 heavy (non-hydrogen) atoms. The number of hydrogen-bond acceptors (Lipinski definition) is 14. The standard InChI is InChI=1S/C99H166O16P2/c1-4-7-10-13-16-19-22-25-28-31-34-37-40-42-43-44-45-46-47-48-49-51-54-55-58-61-64-67-70-73-76-79-82-85-97(102)109-88-94(100)89-111-116(105,106)112-90-95(101)91-113-117(107,108)114-93-96(115-99(104)87-84-81-78-75-72-69-66-63-60-57-52-39-36-33-30-27-24-21-18-15-12-9-6-3)92-110-98(103)86-83-80-77-74-71-68-65-62-59-56-53-50-41-38-35-32-29-26-23-20-17-14-11-8-5-2/h8-9,11-12,16-21,25-30,34-39,42-43,50,53,57,60,66,69,94-96,100-101H,4-7,10,13-15,22-24,31-33,40-41,44-49,51-52,54-56,58-59,61-65,67-68,70-93H2,1-3H3,(H,105,106)(H,107,108)/b11-8-,12-9-,19-16-,20-17-,21-18-,28-25-,29-26-,30-27-,37-34-,38-35-,39-36-,43-42-,53-50-,60-57-,69-66-. The molecule has 4 N–H and O–H groups in total. The number of carbonyl (C=O) groups is 3. The molecule has 0 spiro atoms. The van der Waals surface area contributed by atoms with Crippen LogP contribution in [0, 0.1) is 0 Å². The Hall–Kier alpha value is -5.35. The van der Waals surface area contributed by atoms with Gasteiger partial charge in [-0.3, -0.25) is 32.5 Å². The summed E-state index contributed by atoms with van der Waals surface area (Å²) in [6.45, 7) is 2.42. The van der Waals surface area contributed by atoms with Crippen LogP contribution in [0.2, 0.25) is 0 Å². The summed E-state index contributed by atoms with van der Waals surface area (Å²) in [5.41, 5.74) is 0. The lowest BCUT2D eigenvalue weighted by Crippen LogP contribution is -2.30. The third-order valence-electron chi connectivity index (χ3n) is 19.1. The highest BCUT2D eigenvalue weighted by Gasteiger charge is 2.29. The lowest BCUT2D eigenvalue weighted by atomic mass is 10.0. The molecule has 0 aromatic rings. The average Bonchev–Trinajstić information content (AvgIpc) is 0.890. The van der Waals surface area contributed by atoms with Crippen molar-refractivity contribution in [2.75, 3.05) is 39.6 Å². The summed E-state index contributed by atoms with van der Waals surface area (Å²) in [6.07, 6.45) is 118. The first-order valence-electron chi connectivity index (χ1n) is 46.1. The van der Waals surface area contributed by atoms with Crippen LogP contribution in [0.3, 0.4) is 0 Å². The zero-order valence-electron chi connectivity index (χ0n) is 73.6. The minimum absolute atomic E-state index is 0.0670. The maximum atomic E-state index is 13.1. The SMILES string of the molecule is CC/C=C\C/C=C\C/C=C\C/C=C\C/C=C\C/C=C\CCCCCCC(=O)OC(COC(=O)CCCCCCCCCCC/C=C\C/C=C\C/C=C\C/C=C\C/C=C\CC)COP(=O)(O)OCC(O)COP(=O)(O)OCC(O)COC(=O)CCCCCCCCCCCCCCCCCCC/C=C\C/C=C\C/C=C\C/C=C\CCCCC. The maximum Gasteiger partial charge on any atom is 0.472 e. The highest BCUT2D eigenvalue weighted by atomic mass is 31.2. The van der Waals surface area contributed by atoms with Crippen LogP contribution in [-0.4, -0.2) is 95.9 Å². The molecule has 16 nitrogen and oxygen atoms in total. The van der Waals surface area contributed by atoms with Gasteiger partial charge in [-0.2, -0.15) is 0 Å². The Labute approximate surface area is 713 Å². The van der Waals surface area contributed by atoms with E-state index in [0.29, 0.717) is 19.3 Å². The minimum atomic E-state index is -4.96. The molecule has 18 heteroatoms. The number of aliphatic hydroxyl groups is 2. The summed E-state index contributed by atoms with van der Waals surface area (Å²) in [4.78, 5) is 59.0. The fourth-order valence-corrected chi connectivity index (χ4v) is 13.8. The smallest absolute Gasteiger partial charge is 0.463 e. The number of esters is 3. The van der Waals surface area contributed by atoms with Gasteiger partial charge in [0.05, 0.1) is 26.4 Å². The molecular formula is C99H166O16P2. The Morgan fingerprint density at radius 3 is 0.718 bits per heavy atom. The van der Waals surface area contributed by atoms with E-state index in [1.807, 2.05) is 0 Å². The lowest BCUT2D eigenvalue weighted by Gasteiger charge is -2.21. The Bertz CT molecular complexity index is 2860. The Kier molecular flexibility index (Phi) is 85.8. The van der Waals surface area contributed by atoms with Gasteiger partial charge >= 0.3 is 33.6 Å². The summed E-state index contributed by atoms with van der Waals surface area (Å²) < 4.78 is 61.4. The molecule has 0 bridgehead atoms. The topological polar surface area (TPSA) is 231 Å². The first kappa shape index (κ1) is 112. The zero-order valence-corrected chi connectivity index (χ0v) is 75.4. The number of carbonyl (C=O) groups excluding carboxylic acids is 3. The fraction of sp³-hybridized carbons (Fsp3) is 0.667. The number of phosphoric acid groups is 2. The van der Waals surface area contributed by atoms with E-state index < -0.39 is 91.5 Å². The summed E-state index contributed by atoms with van der Waals surface area (Å²) in [5.74, 6) is -1.61. The van der Waals surface area contributed by atoms with Crippen molar-refractivity contribution >= 4 is 33.6 Å². The molecule has 5 unspecified atom stereocenters. The third kappa shape index (κ3) is 91.2. The molecular weight excluding hydrogens is 1510 g/mol. The molecule has 0 fully saturated rings. The van der Waals surface area contributed by atoms with E-state index in [0.717, 1.165) is 167 Å². The number of hydrogen-bond donors (Lipinski definition) is 4. The molecule has 0 aliphatic rings. The lowest BCUT2D eigenvalue weighted by molar-refractivity contribution is -0.161. The number of aliphatic hydroxyl groups excluding tert-OH is 2. The maximum absolute atomic E-state index is 13.1. The normalized spacial score (nSPS) is 14.6. The van der Waals surface area contributed by atoms with Gasteiger partial charge in [-0.25, -0.2) is 9.13 Å². The van der Waals surface area contributed by atoms with Crippen LogP contribution < -0.4 is 0 Å². The van der Waals surface area contributed by atoms with Crippen molar-refractivity contribution in [2.24, 2.45) is 0 Å². The predicted octanol–water partition coefficient (Wildman–Crippen LogP) is 28.4. The van der Waals surface area contributed by atoms with Gasteiger partial charge in [-0.1, -0.05) is 370 Å². The first-order chi connectivity index (χ1) is 57.2. The van der Waals surface area contributed by atoms with Crippen molar-refractivity contribution in [3.8, 4) is 0 Å². The van der Waals surface area contributed by atoms with Gasteiger partial charge in [0.2, 0.25) is 0 Å². The molecule has 0 amide bonds. The van der Waals surface area contributed by atoms with Gasteiger partial charge in [0, 0.05) is 19.3 Å². The van der Waals surface area contributed by atoms with E-state index in [2.05, 4.69) is 203 Å². The van der Waals surface area contributed by atoms with Gasteiger partial charge in [-0.05, 0) is 161 Å². The summed E-state index contributed by atoms with van der Waals surface area (Å²) in [6, 6.07) is 0. The van der Waals surface area contributed by atoms with Crippen LogP contribution in [0.15, 0.2) is 182 Å². The number of ether oxygens (including phenoxy) is 3. The summed E-state index contributed by atoms with van der Waals surface area (Å²) in [7, 11) is -9.83. The van der Waals surface area contributed by atoms with Crippen LogP contribution >= 0.6 is 15.6 Å². The highest BCUT2D eigenvalue weighted by molar-refractivity contribution is 7.47. The second-order valence-corrected chi connectivity index (χ2v) is 33.2. The predicted molar refractivity (Wildman–Crippen MR) is 491 cm³/mol. The summed E-state index contributed by atoms with van der Waals surface area (Å²) >= 11 is 0. The van der Waals surface area contributed by atoms with Gasteiger partial charge in [0.25, 0.3) is 0 Å². The molecule has 0 saturated heterocycles. The highest BCUT2D eigenvalue weighted by Crippen LogP contribution is 2.45. The monoisotopic (exact) mass is 1670 g/mol. The molecule has 0 aromatic heterocycles. The van der Waals surface area contributed by atoms with Crippen LogP contribution in [0.25, 0.3) is 0 Å². The van der Waals surface area contributed by atoms with E-state index in [9.17, 15) is 43.5 Å². The fourth-order valence-electron chi connectivity index (χ4n) is 12.2. The molecule has 0 heterocycles. The minimum Gasteiger partial charge on any atom is -0.463 e. The van der Waals surface area contributed by atoms with E-state index in [1.54, 1.807) is 0 Å². The average molecular weight is 1670 g/mol. The largest absolute Gasteiger partial charge is 0.472 e. The molecule has 0 saturated carbocycles. The van der Waals surface area contributed by atoms with Crippen LogP contribution in [0.1, 0.15) is 367 Å². The molecule has 0 rings (SSSR count). The summed E-state index contributed by atoms with van der Waals surface area (Å²) in [5, 5.41) is 20.7. The molecule has 0 aliphatic carbocycles. The molecule has 0 aliphatic heterocycles. The molecule has 5 atom stereocenters. The van der Waals surface area contributed by atoms with Crippen molar-refractivity contribution in [3.05, 3.63) is 182 Å². The molecule has 668 valence electrons. The Balaban J connectivity index is 4.61. The van der Waals surface area contributed by atoms with Crippen LogP contribution in [0.5, 0.6) is 0 Å². The second-order valence-electron chi connectivity index (χ2n) is 30.3. The number of allylic oxidation sites excluding steroid dienone is 30. The van der Waals surface area contributed by atoms with Crippen LogP contribution in [-0.2, 0) is 55.8 Å². The van der Waals surface area contributed by atoms with Gasteiger partial charge < -0.3 is 34.2 Å². The van der Waals surface area contributed by atoms with E-state index in [1.165, 1.54) is 141 Å². The number of rotatable bonds is 86. The van der Waals surface area contributed by atoms with Crippen molar-refractivity contribution < 1.29 is 75.8 Å². The Morgan fingerprint density at radius 1 is 0.248 bits per heavy atom. The van der Waals surface area contributed by atoms with E-state index in [-0.39, 0.29) is 19.3 Å². The van der Waals surface area contributed by atoms with Gasteiger partial charge in [0.1, 0.15) is 25.4 Å². The van der Waals surface area contributed by atoms with E-state index >= 15 is 0 Å². The van der Waals surface area contributed by atoms with Crippen molar-refractivity contribution in [3.63, 3.8) is 0 Å². The number of unbranched alkanes of at least 4 members (excludes halogenated alkanes) is 33. The van der Waals surface area contributed by atoms with Crippen molar-refractivity contribution in [2.45, 2.75) is 386 Å². The zero-order chi connectivity index (χ0) is 85.1. The number of phosphoric ester groups is 2. The Morgan fingerprint density at radius 2 is 0.453 bits per heavy atom. The molecule has 0 radical (unpaired) electrons. The van der Waals surface area contributed by atoms with Gasteiger partial charge in [0.15, 0.2) is 6.10 Å². The van der Waals surface area contributed by atoms with Gasteiger partial charge in [-0.15, -0.1) is 0 Å². The van der Waals surface area contributed by atoms with E-state index in [4.69, 9.17) is 32.3 Å².